The van der Waals surface area contributed by atoms with E-state index in [1.807, 2.05) is 0 Å². The molecule has 0 saturated heterocycles. The van der Waals surface area contributed by atoms with Gasteiger partial charge in [-0.15, -0.1) is 11.6 Å². The van der Waals surface area contributed by atoms with Crippen LogP contribution in [0.15, 0.2) is 18.2 Å². The van der Waals surface area contributed by atoms with E-state index in [1.54, 1.807) is 12.1 Å². The molecule has 100 valence electrons. The highest BCUT2D eigenvalue weighted by molar-refractivity contribution is 6.31. The van der Waals surface area contributed by atoms with Gasteiger partial charge in [0.25, 0.3) is 0 Å². The first-order valence-corrected chi connectivity index (χ1v) is 7.41. The third-order valence-electron chi connectivity index (χ3n) is 4.20. The molecule has 1 unspecified atom stereocenters. The molecule has 1 aliphatic rings. The van der Waals surface area contributed by atoms with Gasteiger partial charge in [0.2, 0.25) is 0 Å². The van der Waals surface area contributed by atoms with Crippen LogP contribution in [0.25, 0.3) is 0 Å². The van der Waals surface area contributed by atoms with Crippen molar-refractivity contribution in [2.75, 3.05) is 0 Å². The van der Waals surface area contributed by atoms with Crippen molar-refractivity contribution >= 4 is 23.2 Å². The fourth-order valence-electron chi connectivity index (χ4n) is 2.83. The molecule has 0 aliphatic heterocycles. The highest BCUT2D eigenvalue weighted by atomic mass is 35.5. The molecule has 3 heteroatoms. The summed E-state index contributed by atoms with van der Waals surface area (Å²) in [6.45, 7) is 2.22. The van der Waals surface area contributed by atoms with Crippen molar-refractivity contribution in [2.45, 2.75) is 50.8 Å². The van der Waals surface area contributed by atoms with Gasteiger partial charge >= 0.3 is 0 Å². The molecule has 0 nitrogen and oxygen atoms in total. The molecule has 1 atom stereocenters. The lowest BCUT2D eigenvalue weighted by molar-refractivity contribution is 0.204. The Morgan fingerprint density at radius 2 is 1.94 bits per heavy atom. The minimum atomic E-state index is -0.243. The van der Waals surface area contributed by atoms with Gasteiger partial charge in [-0.05, 0) is 36.8 Å². The lowest BCUT2D eigenvalue weighted by Gasteiger charge is -2.38. The Kier molecular flexibility index (Phi) is 4.55. The Bertz CT molecular complexity index is 391. The molecule has 0 amide bonds. The summed E-state index contributed by atoms with van der Waals surface area (Å²) in [7, 11) is 0. The lowest BCUT2D eigenvalue weighted by atomic mass is 9.72. The van der Waals surface area contributed by atoms with Crippen LogP contribution < -0.4 is 0 Å². The molecule has 1 aliphatic carbocycles. The van der Waals surface area contributed by atoms with E-state index in [-0.39, 0.29) is 16.6 Å². The summed E-state index contributed by atoms with van der Waals surface area (Å²) < 4.78 is 13.8. The van der Waals surface area contributed by atoms with Gasteiger partial charge in [-0.1, -0.05) is 43.9 Å². The Morgan fingerprint density at radius 3 is 2.56 bits per heavy atom. The maximum absolute atomic E-state index is 13.8. The van der Waals surface area contributed by atoms with E-state index >= 15 is 0 Å². The zero-order valence-corrected chi connectivity index (χ0v) is 12.2. The van der Waals surface area contributed by atoms with Gasteiger partial charge in [-0.25, -0.2) is 4.39 Å². The molecule has 1 aromatic rings. The maximum atomic E-state index is 13.8. The summed E-state index contributed by atoms with van der Waals surface area (Å²) in [6.07, 6.45) is 6.53. The van der Waals surface area contributed by atoms with E-state index in [0.717, 1.165) is 12.8 Å². The smallest absolute Gasteiger partial charge is 0.127 e. The largest absolute Gasteiger partial charge is 0.207 e. The molecule has 1 saturated carbocycles. The first-order chi connectivity index (χ1) is 8.53. The SMILES string of the molecule is CC1(C(Cl)Cc2c(F)cccc2Cl)CCCCC1. The number of hydrogen-bond donors (Lipinski definition) is 0. The summed E-state index contributed by atoms with van der Waals surface area (Å²) in [5.41, 5.74) is 0.678. The fraction of sp³-hybridized carbons (Fsp3) is 0.600. The highest BCUT2D eigenvalue weighted by Gasteiger charge is 2.34. The van der Waals surface area contributed by atoms with Crippen LogP contribution in [-0.2, 0) is 6.42 Å². The molecule has 0 aromatic heterocycles. The van der Waals surface area contributed by atoms with Crippen LogP contribution in [0.1, 0.15) is 44.6 Å². The van der Waals surface area contributed by atoms with Crippen LogP contribution >= 0.6 is 23.2 Å². The second-order valence-corrected chi connectivity index (χ2v) is 6.52. The van der Waals surface area contributed by atoms with Crippen molar-refractivity contribution in [3.05, 3.63) is 34.6 Å². The minimum Gasteiger partial charge on any atom is -0.207 e. The van der Waals surface area contributed by atoms with Crippen LogP contribution in [0, 0.1) is 11.2 Å². The van der Waals surface area contributed by atoms with Gasteiger partial charge in [-0.2, -0.15) is 0 Å². The number of benzene rings is 1. The van der Waals surface area contributed by atoms with E-state index < -0.39 is 0 Å². The van der Waals surface area contributed by atoms with Crippen LogP contribution in [0.3, 0.4) is 0 Å². The average Bonchev–Trinajstić information content (AvgIpc) is 2.34. The first kappa shape index (κ1) is 14.1. The van der Waals surface area contributed by atoms with Crippen molar-refractivity contribution in [3.8, 4) is 0 Å². The van der Waals surface area contributed by atoms with Gasteiger partial charge in [0.1, 0.15) is 5.82 Å². The van der Waals surface area contributed by atoms with Crippen LogP contribution in [0.5, 0.6) is 0 Å². The normalized spacial score (nSPS) is 20.7. The topological polar surface area (TPSA) is 0 Å². The average molecular weight is 289 g/mol. The first-order valence-electron chi connectivity index (χ1n) is 6.60. The summed E-state index contributed by atoms with van der Waals surface area (Å²) in [4.78, 5) is 0. The fourth-order valence-corrected chi connectivity index (χ4v) is 3.44. The molecule has 0 N–H and O–H groups in total. The van der Waals surface area contributed by atoms with E-state index in [4.69, 9.17) is 23.2 Å². The molecule has 0 spiro atoms. The maximum Gasteiger partial charge on any atom is 0.127 e. The summed E-state index contributed by atoms with van der Waals surface area (Å²) in [5, 5.41) is 0.437. The van der Waals surface area contributed by atoms with Crippen molar-refractivity contribution < 1.29 is 4.39 Å². The van der Waals surface area contributed by atoms with Gasteiger partial charge < -0.3 is 0 Å². The molecule has 0 bridgehead atoms. The van der Waals surface area contributed by atoms with Crippen molar-refractivity contribution in [3.63, 3.8) is 0 Å². The third-order valence-corrected chi connectivity index (χ3v) is 5.23. The Labute approximate surface area is 118 Å². The van der Waals surface area contributed by atoms with E-state index in [1.165, 1.54) is 25.3 Å². The summed E-state index contributed by atoms with van der Waals surface area (Å²) in [6, 6.07) is 4.81. The third kappa shape index (κ3) is 3.00. The van der Waals surface area contributed by atoms with E-state index in [0.29, 0.717) is 17.0 Å². The van der Waals surface area contributed by atoms with E-state index in [9.17, 15) is 4.39 Å². The van der Waals surface area contributed by atoms with Crippen LogP contribution in [0.4, 0.5) is 4.39 Å². The molecule has 2 rings (SSSR count). The van der Waals surface area contributed by atoms with E-state index in [2.05, 4.69) is 6.92 Å². The van der Waals surface area contributed by atoms with Crippen molar-refractivity contribution in [1.29, 1.82) is 0 Å². The predicted molar refractivity (Wildman–Crippen MR) is 75.9 cm³/mol. The van der Waals surface area contributed by atoms with Gasteiger partial charge in [-0.3, -0.25) is 0 Å². The van der Waals surface area contributed by atoms with Crippen molar-refractivity contribution in [2.24, 2.45) is 5.41 Å². The standard InChI is InChI=1S/C15H19Cl2F/c1-15(8-3-2-4-9-15)14(17)10-11-12(16)6-5-7-13(11)18/h5-7,14H,2-4,8-10H2,1H3. The monoisotopic (exact) mass is 288 g/mol. The number of hydrogen-bond acceptors (Lipinski definition) is 0. The second-order valence-electron chi connectivity index (χ2n) is 5.59. The lowest BCUT2D eigenvalue weighted by Crippen LogP contribution is -2.32. The van der Waals surface area contributed by atoms with Gasteiger partial charge in [0, 0.05) is 16.0 Å². The number of halogens is 3. The zero-order chi connectivity index (χ0) is 13.2. The molecular formula is C15H19Cl2F. The molecule has 1 fully saturated rings. The quantitative estimate of drug-likeness (QED) is 0.635. The minimum absolute atomic E-state index is 0.0489. The summed E-state index contributed by atoms with van der Waals surface area (Å²) in [5.74, 6) is -0.243. The second kappa shape index (κ2) is 5.79. The van der Waals surface area contributed by atoms with Crippen LogP contribution in [0.2, 0.25) is 5.02 Å². The van der Waals surface area contributed by atoms with Gasteiger partial charge in [0.15, 0.2) is 0 Å². The molecule has 0 radical (unpaired) electrons. The molecule has 1 aromatic carbocycles. The Morgan fingerprint density at radius 1 is 1.28 bits per heavy atom. The Hall–Kier alpha value is -0.270. The van der Waals surface area contributed by atoms with Crippen LogP contribution in [-0.4, -0.2) is 5.38 Å². The number of rotatable bonds is 3. The van der Waals surface area contributed by atoms with Crippen molar-refractivity contribution in [1.82, 2.24) is 0 Å². The highest BCUT2D eigenvalue weighted by Crippen LogP contribution is 2.43. The molecule has 0 heterocycles. The Balaban J connectivity index is 2.13. The number of alkyl halides is 1. The summed E-state index contributed by atoms with van der Waals surface area (Å²) >= 11 is 12.6. The van der Waals surface area contributed by atoms with Gasteiger partial charge in [0.05, 0.1) is 0 Å². The predicted octanol–water partition coefficient (Wildman–Crippen LogP) is 5.60. The molecular weight excluding hydrogens is 270 g/mol. The zero-order valence-electron chi connectivity index (χ0n) is 10.7. The molecule has 18 heavy (non-hydrogen) atoms.